The molecule has 0 aromatic heterocycles. The van der Waals surface area contributed by atoms with Gasteiger partial charge in [-0.2, -0.15) is 4.83 Å². The summed E-state index contributed by atoms with van der Waals surface area (Å²) in [4.78, 5) is 17.6. The minimum atomic E-state index is -3.49. The number of sulfonamides is 1. The van der Waals surface area contributed by atoms with Crippen LogP contribution in [0, 0.1) is 13.8 Å². The zero-order valence-corrected chi connectivity index (χ0v) is 33.5. The molecule has 0 aliphatic heterocycles. The van der Waals surface area contributed by atoms with Crippen molar-refractivity contribution in [1.29, 1.82) is 0 Å². The smallest absolute Gasteiger partial charge is 0.423 e. The van der Waals surface area contributed by atoms with Crippen molar-refractivity contribution < 1.29 is 31.7 Å². The predicted octanol–water partition coefficient (Wildman–Crippen LogP) is 7.15. The fraction of sp³-hybridized carbons (Fsp3) is 0.190. The van der Waals surface area contributed by atoms with Crippen LogP contribution in [0.25, 0.3) is 5.47 Å². The van der Waals surface area contributed by atoms with Gasteiger partial charge in [0, 0.05) is 17.7 Å². The summed E-state index contributed by atoms with van der Waals surface area (Å²) in [5.41, 5.74) is 6.02. The van der Waals surface area contributed by atoms with E-state index in [1.807, 2.05) is 119 Å². The summed E-state index contributed by atoms with van der Waals surface area (Å²) in [5, 5.41) is 17.9. The Bertz CT molecular complexity index is 2160. The molecule has 0 aliphatic rings. The van der Waals surface area contributed by atoms with E-state index in [9.17, 15) is 21.6 Å². The van der Waals surface area contributed by atoms with Crippen molar-refractivity contribution in [3.8, 4) is 0 Å². The Morgan fingerprint density at radius 3 is 1.45 bits per heavy atom. The third kappa shape index (κ3) is 16.1. The molecule has 0 amide bonds. The summed E-state index contributed by atoms with van der Waals surface area (Å²) >= 11 is 0. The molecule has 5 aromatic carbocycles. The largest absolute Gasteiger partial charge is 0.488 e. The van der Waals surface area contributed by atoms with E-state index in [0.29, 0.717) is 23.2 Å². The first-order valence-electron chi connectivity index (χ1n) is 17.5. The maximum Gasteiger partial charge on any atom is 0.488 e. The van der Waals surface area contributed by atoms with Crippen molar-refractivity contribution >= 4 is 43.9 Å². The van der Waals surface area contributed by atoms with E-state index >= 15 is 0 Å². The number of sulfone groups is 1. The number of nitrogens with one attached hydrogen (secondary N) is 1. The average molecular weight is 784 g/mol. The normalized spacial score (nSPS) is 11.4. The molecule has 13 heteroatoms. The van der Waals surface area contributed by atoms with Crippen LogP contribution >= 0.6 is 0 Å². The van der Waals surface area contributed by atoms with Crippen LogP contribution in [0.15, 0.2) is 160 Å². The maximum absolute atomic E-state index is 12.3. The van der Waals surface area contributed by atoms with Crippen LogP contribution in [-0.2, 0) is 19.9 Å². The lowest BCUT2D eigenvalue weighted by molar-refractivity contribution is 0.0988. The zero-order valence-electron chi connectivity index (χ0n) is 31.8. The molecule has 0 radical (unpaired) electrons. The quantitative estimate of drug-likeness (QED) is 0.0359. The van der Waals surface area contributed by atoms with Gasteiger partial charge in [-0.05, 0) is 68.1 Å². The number of aliphatic imine (C=N–C) groups is 1. The van der Waals surface area contributed by atoms with Gasteiger partial charge in [-0.15, -0.1) is 0 Å². The van der Waals surface area contributed by atoms with Crippen molar-refractivity contribution in [1.82, 2.24) is 4.83 Å². The Balaban J connectivity index is 0.000000266. The highest BCUT2D eigenvalue weighted by molar-refractivity contribution is 7.91. The molecule has 0 saturated heterocycles. The second kappa shape index (κ2) is 23.7. The summed E-state index contributed by atoms with van der Waals surface area (Å²) in [6.45, 7) is 9.44. The Kier molecular flexibility index (Phi) is 19.9. The van der Waals surface area contributed by atoms with Gasteiger partial charge in [0.05, 0.1) is 9.79 Å². The third-order valence-electron chi connectivity index (χ3n) is 7.85. The highest BCUT2D eigenvalue weighted by atomic mass is 32.2. The first kappa shape index (κ1) is 46.1. The molecular formula is C42H50BN3O7S2. The number of rotatable bonds is 11. The number of ketones is 1. The Morgan fingerprint density at radius 1 is 0.655 bits per heavy atom. The molecule has 5 N–H and O–H groups in total. The van der Waals surface area contributed by atoms with Crippen LogP contribution in [0.1, 0.15) is 66.2 Å². The van der Waals surface area contributed by atoms with Crippen molar-refractivity contribution in [3.05, 3.63) is 173 Å². The van der Waals surface area contributed by atoms with Crippen LogP contribution in [0.5, 0.6) is 0 Å². The number of hydrazine groups is 1. The van der Waals surface area contributed by atoms with Crippen LogP contribution in [0.4, 0.5) is 0 Å². The third-order valence-corrected chi connectivity index (χ3v) is 10.5. The number of hydrogen-bond donors (Lipinski definition) is 4. The lowest BCUT2D eigenvalue weighted by Gasteiger charge is -2.06. The van der Waals surface area contributed by atoms with E-state index in [-0.39, 0.29) is 16.6 Å². The summed E-state index contributed by atoms with van der Waals surface area (Å²) in [6, 6.07) is 41.6. The van der Waals surface area contributed by atoms with Gasteiger partial charge in [0.1, 0.15) is 5.88 Å². The minimum absolute atomic E-state index is 0.176. The molecular weight excluding hydrogens is 733 g/mol. The maximum atomic E-state index is 12.3. The number of hydrogen-bond acceptors (Lipinski definition) is 9. The molecule has 55 heavy (non-hydrogen) atoms. The molecule has 0 unspecified atom stereocenters. The number of benzene rings is 5. The van der Waals surface area contributed by atoms with Crippen LogP contribution in [0.3, 0.4) is 0 Å². The summed E-state index contributed by atoms with van der Waals surface area (Å²) in [7, 11) is -8.26. The van der Waals surface area contributed by atoms with Gasteiger partial charge in [-0.1, -0.05) is 146 Å². The highest BCUT2D eigenvalue weighted by Gasteiger charge is 2.15. The van der Waals surface area contributed by atoms with E-state index in [1.54, 1.807) is 54.2 Å². The van der Waals surface area contributed by atoms with Crippen LogP contribution in [0.2, 0.25) is 0 Å². The molecule has 0 saturated carbocycles. The average Bonchev–Trinajstić information content (AvgIpc) is 3.20. The summed E-state index contributed by atoms with van der Waals surface area (Å²) < 4.78 is 46.7. The molecule has 0 atom stereocenters. The lowest BCUT2D eigenvalue weighted by atomic mass is 9.75. The monoisotopic (exact) mass is 783 g/mol. The van der Waals surface area contributed by atoms with Crippen molar-refractivity contribution in [3.63, 3.8) is 0 Å². The Labute approximate surface area is 326 Å². The first-order chi connectivity index (χ1) is 26.2. The van der Waals surface area contributed by atoms with Crippen molar-refractivity contribution in [2.45, 2.75) is 57.3 Å². The van der Waals surface area contributed by atoms with E-state index in [0.717, 1.165) is 33.5 Å². The molecule has 0 fully saturated rings. The second-order valence-electron chi connectivity index (χ2n) is 11.9. The van der Waals surface area contributed by atoms with Gasteiger partial charge in [0.15, 0.2) is 15.6 Å². The SMILES string of the molecule is CC=C(B(O)O)c1ccccc1.CCC(=NCS(=O)(=O)c1ccc(C)cc1)c1ccccc1.CCC(=O)c1ccccc1.Cc1ccc(S(=O)(=O)NN)cc1. The standard InChI is InChI=1S/C17H19NO2S.C9H11BO2.C9H10O.C7H10N2O2S/c1-3-17(15-7-5-4-6-8-15)18-13-21(19,20)16-11-9-14(2)10-12-16;1-2-9(10(11)12)8-6-4-3-5-7-8;1-2-9(10)8-6-4-3-5-7-8;1-6-2-4-7(5-3-6)12(10,11)9-8/h4-12H,3,13H2,1-2H3;2-7,11-12H,1H3;3-7H,2H2,1H3;2-5,9H,8H2,1H3. The van der Waals surface area contributed by atoms with Gasteiger partial charge in [0.2, 0.25) is 0 Å². The van der Waals surface area contributed by atoms with E-state index in [1.165, 1.54) is 12.1 Å². The van der Waals surface area contributed by atoms with Gasteiger partial charge < -0.3 is 10.0 Å². The predicted molar refractivity (Wildman–Crippen MR) is 224 cm³/mol. The zero-order chi connectivity index (χ0) is 40.9. The molecule has 5 aromatic rings. The number of Topliss-reactive ketones (excluding diaryl/α,β-unsaturated/α-hetero) is 1. The fourth-order valence-electron chi connectivity index (χ4n) is 4.73. The number of carbonyl (C=O) groups excluding carboxylic acids is 1. The number of nitrogens with two attached hydrogens (primary N) is 1. The molecule has 10 nitrogen and oxygen atoms in total. The lowest BCUT2D eigenvalue weighted by Crippen LogP contribution is -2.30. The number of nitrogens with zero attached hydrogens (tertiary/aromatic N) is 1. The van der Waals surface area contributed by atoms with Crippen LogP contribution in [-0.4, -0.2) is 51.4 Å². The second-order valence-corrected chi connectivity index (χ2v) is 15.6. The number of carbonyl (C=O) groups is 1. The fourth-order valence-corrected chi connectivity index (χ4v) is 6.39. The molecule has 5 rings (SSSR count). The Morgan fingerprint density at radius 2 is 1.07 bits per heavy atom. The van der Waals surface area contributed by atoms with E-state index in [2.05, 4.69) is 4.99 Å². The van der Waals surface area contributed by atoms with E-state index < -0.39 is 27.0 Å². The van der Waals surface area contributed by atoms with E-state index in [4.69, 9.17) is 15.9 Å². The van der Waals surface area contributed by atoms with Gasteiger partial charge in [0.25, 0.3) is 10.0 Å². The molecule has 0 aliphatic carbocycles. The van der Waals surface area contributed by atoms with Gasteiger partial charge in [-0.25, -0.2) is 16.8 Å². The molecule has 0 heterocycles. The van der Waals surface area contributed by atoms with Crippen LogP contribution < -0.4 is 10.7 Å². The van der Waals surface area contributed by atoms with Crippen molar-refractivity contribution in [2.75, 3.05) is 5.88 Å². The first-order valence-corrected chi connectivity index (χ1v) is 20.7. The summed E-state index contributed by atoms with van der Waals surface area (Å²) in [5.74, 6) is 4.83. The molecule has 290 valence electrons. The number of aryl methyl sites for hydroxylation is 2. The van der Waals surface area contributed by atoms with Crippen molar-refractivity contribution in [2.24, 2.45) is 10.8 Å². The number of allylic oxidation sites excluding steroid dienone is 1. The summed E-state index contributed by atoms with van der Waals surface area (Å²) in [6.07, 6.45) is 2.98. The topological polar surface area (TPSA) is 176 Å². The van der Waals surface area contributed by atoms with Gasteiger partial charge >= 0.3 is 7.12 Å². The molecule has 0 spiro atoms. The minimum Gasteiger partial charge on any atom is -0.423 e. The highest BCUT2D eigenvalue weighted by Crippen LogP contribution is 2.15. The molecule has 0 bridgehead atoms. The Hall–Kier alpha value is -5.02. The van der Waals surface area contributed by atoms with Gasteiger partial charge in [-0.3, -0.25) is 15.6 Å².